The Hall–Kier alpha value is -3.35. The number of hydrogen-bond acceptors (Lipinski definition) is 5. The molecule has 0 spiro atoms. The van der Waals surface area contributed by atoms with E-state index in [1.807, 2.05) is 50.2 Å². The summed E-state index contributed by atoms with van der Waals surface area (Å²) >= 11 is 0. The van der Waals surface area contributed by atoms with Crippen molar-refractivity contribution in [2.24, 2.45) is 5.92 Å². The zero-order chi connectivity index (χ0) is 26.5. The molecule has 0 bridgehead atoms. The van der Waals surface area contributed by atoms with E-state index in [4.69, 9.17) is 4.74 Å². The maximum atomic E-state index is 13.5. The van der Waals surface area contributed by atoms with Crippen molar-refractivity contribution in [2.75, 3.05) is 45.7 Å². The van der Waals surface area contributed by atoms with Crippen molar-refractivity contribution in [3.05, 3.63) is 83.9 Å². The van der Waals surface area contributed by atoms with Crippen LogP contribution in [0.3, 0.4) is 0 Å². The number of rotatable bonds is 8. The molecule has 1 heterocycles. The molecule has 0 aliphatic carbocycles. The van der Waals surface area contributed by atoms with Gasteiger partial charge in [0.2, 0.25) is 0 Å². The van der Waals surface area contributed by atoms with Gasteiger partial charge in [0, 0.05) is 39.6 Å². The van der Waals surface area contributed by atoms with Crippen LogP contribution in [0.15, 0.2) is 72.8 Å². The van der Waals surface area contributed by atoms with E-state index in [-0.39, 0.29) is 30.6 Å². The van der Waals surface area contributed by atoms with Crippen LogP contribution in [0.4, 0.5) is 5.69 Å². The van der Waals surface area contributed by atoms with E-state index >= 15 is 0 Å². The molecule has 1 aliphatic heterocycles. The van der Waals surface area contributed by atoms with Gasteiger partial charge < -0.3 is 19.6 Å². The molecule has 1 N–H and O–H groups in total. The van der Waals surface area contributed by atoms with E-state index in [9.17, 15) is 9.90 Å². The Labute approximate surface area is 221 Å². The number of benzene rings is 3. The van der Waals surface area contributed by atoms with Crippen LogP contribution in [0.2, 0.25) is 0 Å². The Bertz CT molecular complexity index is 1180. The first-order chi connectivity index (χ1) is 17.8. The van der Waals surface area contributed by atoms with Gasteiger partial charge in [-0.1, -0.05) is 67.6 Å². The highest BCUT2D eigenvalue weighted by atomic mass is 16.5. The van der Waals surface area contributed by atoms with E-state index in [1.54, 1.807) is 4.90 Å². The third kappa shape index (κ3) is 6.14. The molecule has 6 heteroatoms. The molecule has 37 heavy (non-hydrogen) atoms. The van der Waals surface area contributed by atoms with E-state index < -0.39 is 0 Å². The van der Waals surface area contributed by atoms with Gasteiger partial charge in [-0.3, -0.25) is 9.69 Å². The lowest BCUT2D eigenvalue weighted by Gasteiger charge is -2.39. The number of amides is 1. The minimum absolute atomic E-state index is 0.0734. The number of nitrogens with zero attached hydrogens (tertiary/aromatic N) is 3. The van der Waals surface area contributed by atoms with Crippen molar-refractivity contribution in [3.63, 3.8) is 0 Å². The average Bonchev–Trinajstić information content (AvgIpc) is 2.90. The molecule has 6 nitrogen and oxygen atoms in total. The third-order valence-electron chi connectivity index (χ3n) is 7.16. The number of para-hydroxylation sites is 1. The van der Waals surface area contributed by atoms with Crippen LogP contribution >= 0.6 is 0 Å². The molecule has 0 saturated carbocycles. The van der Waals surface area contributed by atoms with E-state index in [0.717, 1.165) is 12.2 Å². The summed E-state index contributed by atoms with van der Waals surface area (Å²) in [5.74, 6) is 0.589. The first-order valence-corrected chi connectivity index (χ1v) is 13.0. The SMILES string of the molecule is C[C@@H]1CN([C@H](C)CO)C(=O)c2cccc(N(C)C)c2O[C@H]1CN(C)Cc1ccc(-c2ccccc2)cc1. The van der Waals surface area contributed by atoms with Gasteiger partial charge in [-0.05, 0) is 42.8 Å². The van der Waals surface area contributed by atoms with Gasteiger partial charge in [-0.2, -0.15) is 0 Å². The fraction of sp³-hybridized carbons (Fsp3) is 0.387. The summed E-state index contributed by atoms with van der Waals surface area (Å²) in [6.45, 7) is 5.96. The van der Waals surface area contributed by atoms with Gasteiger partial charge in [0.05, 0.1) is 23.9 Å². The van der Waals surface area contributed by atoms with Crippen LogP contribution in [-0.4, -0.2) is 73.8 Å². The van der Waals surface area contributed by atoms with Crippen molar-refractivity contribution < 1.29 is 14.6 Å². The smallest absolute Gasteiger partial charge is 0.258 e. The predicted molar refractivity (Wildman–Crippen MR) is 150 cm³/mol. The molecule has 0 radical (unpaired) electrons. The molecule has 196 valence electrons. The largest absolute Gasteiger partial charge is 0.486 e. The fourth-order valence-corrected chi connectivity index (χ4v) is 4.91. The standard InChI is InChI=1S/C31H39N3O3/c1-22-18-34(23(2)21-35)31(36)27-12-9-13-28(32(3)4)30(27)37-29(22)20-33(5)19-24-14-16-26(17-15-24)25-10-7-6-8-11-25/h6-17,22-23,29,35H,18-21H2,1-5H3/t22-,23-,29+/m1/s1. The molecule has 1 aliphatic rings. The number of carbonyl (C=O) groups excluding carboxylic acids is 1. The minimum atomic E-state index is -0.273. The normalized spacial score (nSPS) is 18.6. The molecule has 0 fully saturated rings. The Morgan fingerprint density at radius 2 is 1.65 bits per heavy atom. The second kappa shape index (κ2) is 11.8. The quantitative estimate of drug-likeness (QED) is 0.482. The highest BCUT2D eigenvalue weighted by molar-refractivity contribution is 5.99. The van der Waals surface area contributed by atoms with E-state index in [0.29, 0.717) is 24.4 Å². The summed E-state index contributed by atoms with van der Waals surface area (Å²) < 4.78 is 6.67. The monoisotopic (exact) mass is 501 g/mol. The molecule has 3 atom stereocenters. The van der Waals surface area contributed by atoms with Gasteiger partial charge in [0.25, 0.3) is 5.91 Å². The lowest BCUT2D eigenvalue weighted by molar-refractivity contribution is 0.0343. The maximum absolute atomic E-state index is 13.5. The number of aliphatic hydroxyl groups is 1. The molecule has 0 saturated heterocycles. The Morgan fingerprint density at radius 3 is 2.30 bits per heavy atom. The summed E-state index contributed by atoms with van der Waals surface area (Å²) in [5, 5.41) is 9.87. The van der Waals surface area contributed by atoms with Crippen molar-refractivity contribution in [1.29, 1.82) is 0 Å². The summed E-state index contributed by atoms with van der Waals surface area (Å²) in [4.78, 5) is 19.6. The number of aliphatic hydroxyl groups excluding tert-OH is 1. The Morgan fingerprint density at radius 1 is 0.973 bits per heavy atom. The minimum Gasteiger partial charge on any atom is -0.486 e. The molecule has 1 amide bonds. The van der Waals surface area contributed by atoms with Crippen LogP contribution < -0.4 is 9.64 Å². The molecule has 0 aromatic heterocycles. The van der Waals surface area contributed by atoms with Gasteiger partial charge in [-0.25, -0.2) is 0 Å². The predicted octanol–water partition coefficient (Wildman–Crippen LogP) is 4.77. The van der Waals surface area contributed by atoms with Crippen LogP contribution in [0, 0.1) is 5.92 Å². The highest BCUT2D eigenvalue weighted by Gasteiger charge is 2.34. The molecule has 3 aromatic rings. The number of carbonyl (C=O) groups is 1. The van der Waals surface area contributed by atoms with Crippen molar-refractivity contribution in [2.45, 2.75) is 32.5 Å². The first-order valence-electron chi connectivity index (χ1n) is 13.0. The summed E-state index contributed by atoms with van der Waals surface area (Å²) in [6, 6.07) is 24.5. The number of ether oxygens (including phenoxy) is 1. The highest BCUT2D eigenvalue weighted by Crippen LogP contribution is 2.36. The maximum Gasteiger partial charge on any atom is 0.258 e. The van der Waals surface area contributed by atoms with Gasteiger partial charge in [0.15, 0.2) is 5.75 Å². The summed E-state index contributed by atoms with van der Waals surface area (Å²) in [7, 11) is 6.03. The van der Waals surface area contributed by atoms with Crippen LogP contribution in [0.5, 0.6) is 5.75 Å². The fourth-order valence-electron chi connectivity index (χ4n) is 4.91. The number of anilines is 1. The molecule has 3 aromatic carbocycles. The van der Waals surface area contributed by atoms with E-state index in [1.165, 1.54) is 16.7 Å². The van der Waals surface area contributed by atoms with Crippen molar-refractivity contribution >= 4 is 11.6 Å². The molecule has 0 unspecified atom stereocenters. The lowest BCUT2D eigenvalue weighted by Crippen LogP contribution is -2.49. The average molecular weight is 502 g/mol. The first kappa shape index (κ1) is 26.7. The Balaban J connectivity index is 1.55. The van der Waals surface area contributed by atoms with Crippen LogP contribution in [0.1, 0.15) is 29.8 Å². The Kier molecular flexibility index (Phi) is 8.52. The summed E-state index contributed by atoms with van der Waals surface area (Å²) in [6.07, 6.45) is -0.130. The molecular formula is C31H39N3O3. The van der Waals surface area contributed by atoms with Crippen molar-refractivity contribution in [3.8, 4) is 16.9 Å². The third-order valence-corrected chi connectivity index (χ3v) is 7.16. The van der Waals surface area contributed by atoms with Gasteiger partial charge in [0.1, 0.15) is 6.10 Å². The number of fused-ring (bicyclic) bond motifs is 1. The second-order valence-electron chi connectivity index (χ2n) is 10.4. The zero-order valence-corrected chi connectivity index (χ0v) is 22.6. The topological polar surface area (TPSA) is 56.3 Å². The lowest BCUT2D eigenvalue weighted by atomic mass is 9.98. The zero-order valence-electron chi connectivity index (χ0n) is 22.6. The summed E-state index contributed by atoms with van der Waals surface area (Å²) in [5.41, 5.74) is 5.08. The molecule has 4 rings (SSSR count). The number of hydrogen-bond donors (Lipinski definition) is 1. The van der Waals surface area contributed by atoms with Crippen LogP contribution in [-0.2, 0) is 6.54 Å². The van der Waals surface area contributed by atoms with E-state index in [2.05, 4.69) is 67.4 Å². The number of likely N-dealkylation sites (N-methyl/N-ethyl adjacent to an activating group) is 1. The van der Waals surface area contributed by atoms with Crippen LogP contribution in [0.25, 0.3) is 11.1 Å². The van der Waals surface area contributed by atoms with Gasteiger partial charge in [-0.15, -0.1) is 0 Å². The molecular weight excluding hydrogens is 462 g/mol. The van der Waals surface area contributed by atoms with Gasteiger partial charge >= 0.3 is 0 Å². The second-order valence-corrected chi connectivity index (χ2v) is 10.4. The van der Waals surface area contributed by atoms with Crippen molar-refractivity contribution in [1.82, 2.24) is 9.80 Å².